The fourth-order valence-electron chi connectivity index (χ4n) is 2.17. The van der Waals surface area contributed by atoms with Crippen molar-refractivity contribution < 1.29 is 24.6 Å². The van der Waals surface area contributed by atoms with Crippen molar-refractivity contribution in [3.05, 3.63) is 29.6 Å². The number of nitrogens with zero attached hydrogens (tertiary/aromatic N) is 1. The number of aliphatic hydroxyl groups is 1. The molecule has 0 fully saturated rings. The minimum absolute atomic E-state index is 0.343. The van der Waals surface area contributed by atoms with E-state index in [2.05, 4.69) is 5.32 Å². The van der Waals surface area contributed by atoms with Gasteiger partial charge in [-0.05, 0) is 26.0 Å². The molecule has 20 heavy (non-hydrogen) atoms. The molecule has 1 aromatic heterocycles. The summed E-state index contributed by atoms with van der Waals surface area (Å²) in [5.41, 5.74) is -1.10. The van der Waals surface area contributed by atoms with Gasteiger partial charge in [-0.1, -0.05) is 0 Å². The third kappa shape index (κ3) is 1.97. The highest BCUT2D eigenvalue weighted by Crippen LogP contribution is 2.33. The molecule has 0 unspecified atom stereocenters. The van der Waals surface area contributed by atoms with Crippen LogP contribution in [0.4, 0.5) is 0 Å². The predicted molar refractivity (Wildman–Crippen MR) is 69.0 cm³/mol. The molecule has 7 heteroatoms. The first-order valence-corrected chi connectivity index (χ1v) is 5.93. The van der Waals surface area contributed by atoms with Gasteiger partial charge < -0.3 is 20.1 Å². The van der Waals surface area contributed by atoms with Crippen LogP contribution in [0.25, 0.3) is 5.76 Å². The van der Waals surface area contributed by atoms with Crippen LogP contribution < -0.4 is 5.32 Å². The van der Waals surface area contributed by atoms with E-state index in [1.807, 2.05) is 0 Å². The molecular formula is C13H14N2O5. The number of hydrogen-bond acceptors (Lipinski definition) is 4. The first kappa shape index (κ1) is 13.9. The van der Waals surface area contributed by atoms with Crippen LogP contribution in [0.1, 0.15) is 19.5 Å². The van der Waals surface area contributed by atoms with Gasteiger partial charge in [-0.25, -0.2) is 0 Å². The average Bonchev–Trinajstić information content (AvgIpc) is 2.85. The van der Waals surface area contributed by atoms with Crippen molar-refractivity contribution in [3.63, 3.8) is 0 Å². The fraction of sp³-hybridized carbons (Fsp3) is 0.308. The zero-order valence-corrected chi connectivity index (χ0v) is 11.0. The Morgan fingerprint density at radius 1 is 1.40 bits per heavy atom. The number of aliphatic hydroxyl groups excluding tert-OH is 1. The molecule has 0 saturated heterocycles. The molecule has 0 radical (unpaired) electrons. The van der Waals surface area contributed by atoms with Gasteiger partial charge in [0.25, 0.3) is 5.91 Å². The highest BCUT2D eigenvalue weighted by molar-refractivity contribution is 6.26. The van der Waals surface area contributed by atoms with E-state index in [1.165, 1.54) is 0 Å². The molecule has 7 nitrogen and oxygen atoms in total. The Morgan fingerprint density at radius 2 is 2.05 bits per heavy atom. The van der Waals surface area contributed by atoms with Gasteiger partial charge in [-0.3, -0.25) is 14.4 Å². The molecule has 1 aromatic rings. The highest BCUT2D eigenvalue weighted by atomic mass is 16.4. The first-order valence-electron chi connectivity index (χ1n) is 5.93. The van der Waals surface area contributed by atoms with E-state index in [0.29, 0.717) is 5.69 Å². The summed E-state index contributed by atoms with van der Waals surface area (Å²) < 4.78 is 1.57. The molecule has 2 rings (SSSR count). The van der Waals surface area contributed by atoms with E-state index in [1.54, 1.807) is 36.7 Å². The molecule has 0 spiro atoms. The average molecular weight is 278 g/mol. The monoisotopic (exact) mass is 278 g/mol. The van der Waals surface area contributed by atoms with E-state index in [-0.39, 0.29) is 0 Å². The Balaban J connectivity index is 2.47. The molecule has 0 saturated carbocycles. The van der Waals surface area contributed by atoms with Crippen molar-refractivity contribution in [3.8, 4) is 0 Å². The first-order chi connectivity index (χ1) is 9.26. The molecule has 0 aliphatic carbocycles. The number of amides is 1. The number of aliphatic carboxylic acids is 1. The van der Waals surface area contributed by atoms with Gasteiger partial charge >= 0.3 is 5.97 Å². The van der Waals surface area contributed by atoms with Crippen molar-refractivity contribution in [2.75, 3.05) is 6.54 Å². The number of nitrogens with one attached hydrogen (secondary N) is 1. The summed E-state index contributed by atoms with van der Waals surface area (Å²) in [6.07, 6.45) is 1.63. The molecule has 1 amide bonds. The number of carbonyl (C=O) groups is 3. The third-order valence-corrected chi connectivity index (χ3v) is 3.24. The van der Waals surface area contributed by atoms with Crippen molar-refractivity contribution in [2.45, 2.75) is 19.4 Å². The summed E-state index contributed by atoms with van der Waals surface area (Å²) >= 11 is 0. The lowest BCUT2D eigenvalue weighted by molar-refractivity contribution is -0.138. The van der Waals surface area contributed by atoms with Gasteiger partial charge in [-0.2, -0.15) is 0 Å². The lowest BCUT2D eigenvalue weighted by Gasteiger charge is -2.32. The van der Waals surface area contributed by atoms with Crippen LogP contribution >= 0.6 is 0 Å². The predicted octanol–water partition coefficient (Wildman–Crippen LogP) is 0.276. The zero-order chi connectivity index (χ0) is 15.1. The Morgan fingerprint density at radius 3 is 2.65 bits per heavy atom. The molecular weight excluding hydrogens is 264 g/mol. The summed E-state index contributed by atoms with van der Waals surface area (Å²) in [6.45, 7) is 2.62. The molecule has 1 aliphatic heterocycles. The number of fused-ring (bicyclic) bond motifs is 1. The summed E-state index contributed by atoms with van der Waals surface area (Å²) in [7, 11) is 0. The van der Waals surface area contributed by atoms with E-state index >= 15 is 0 Å². The fourth-order valence-corrected chi connectivity index (χ4v) is 2.17. The van der Waals surface area contributed by atoms with Gasteiger partial charge in [0, 0.05) is 6.20 Å². The van der Waals surface area contributed by atoms with Gasteiger partial charge in [0.2, 0.25) is 0 Å². The molecule has 0 aromatic carbocycles. The van der Waals surface area contributed by atoms with E-state index in [4.69, 9.17) is 5.11 Å². The topological polar surface area (TPSA) is 109 Å². The van der Waals surface area contributed by atoms with Crippen LogP contribution in [-0.4, -0.2) is 39.0 Å². The largest absolute Gasteiger partial charge is 0.505 e. The number of aromatic nitrogens is 1. The third-order valence-electron chi connectivity index (χ3n) is 3.24. The van der Waals surface area contributed by atoms with Crippen molar-refractivity contribution in [1.82, 2.24) is 9.88 Å². The maximum atomic E-state index is 12.4. The second-order valence-electron chi connectivity index (χ2n) is 4.95. The lowest BCUT2D eigenvalue weighted by atomic mass is 9.87. The number of ketones is 1. The molecule has 0 atom stereocenters. The van der Waals surface area contributed by atoms with E-state index in [9.17, 15) is 19.5 Å². The SMILES string of the molecule is CC1(C)C(=O)C(C(=O)NCC(=O)O)=C(O)c2cccn21. The van der Waals surface area contributed by atoms with E-state index < -0.39 is 41.1 Å². The number of carboxylic acids is 1. The molecule has 106 valence electrons. The minimum atomic E-state index is -1.23. The maximum Gasteiger partial charge on any atom is 0.322 e. The molecule has 0 bridgehead atoms. The molecule has 2 heterocycles. The van der Waals surface area contributed by atoms with Crippen molar-refractivity contribution >= 4 is 23.4 Å². The Hall–Kier alpha value is -2.57. The summed E-state index contributed by atoms with van der Waals surface area (Å²) in [6, 6.07) is 3.23. The Kier molecular flexibility index (Phi) is 3.13. The van der Waals surface area contributed by atoms with Gasteiger partial charge in [0.15, 0.2) is 11.5 Å². The Bertz CT molecular complexity index is 639. The number of Topliss-reactive ketones (excluding diaryl/α,β-unsaturated/α-hetero) is 1. The smallest absolute Gasteiger partial charge is 0.322 e. The normalized spacial score (nSPS) is 16.8. The highest BCUT2D eigenvalue weighted by Gasteiger charge is 2.42. The summed E-state index contributed by atoms with van der Waals surface area (Å²) in [5.74, 6) is -3.14. The summed E-state index contributed by atoms with van der Waals surface area (Å²) in [5, 5.41) is 20.7. The Labute approximate surface area is 114 Å². The van der Waals surface area contributed by atoms with Crippen LogP contribution in [0, 0.1) is 0 Å². The number of carboxylic acid groups (broad SMARTS) is 1. The number of rotatable bonds is 3. The van der Waals surface area contributed by atoms with Crippen LogP contribution in [0.5, 0.6) is 0 Å². The standard InChI is InChI=1S/C13H14N2O5/c1-13(2)11(19)9(12(20)14-6-8(16)17)10(18)7-4-3-5-15(7)13/h3-5,18H,6H2,1-2H3,(H,14,20)(H,16,17). The maximum absolute atomic E-state index is 12.4. The molecule has 1 aliphatic rings. The summed E-state index contributed by atoms with van der Waals surface area (Å²) in [4.78, 5) is 34.7. The van der Waals surface area contributed by atoms with Gasteiger partial charge in [-0.15, -0.1) is 0 Å². The van der Waals surface area contributed by atoms with Crippen LogP contribution in [0.3, 0.4) is 0 Å². The van der Waals surface area contributed by atoms with Crippen LogP contribution in [0.2, 0.25) is 0 Å². The van der Waals surface area contributed by atoms with Crippen LogP contribution in [-0.2, 0) is 19.9 Å². The molecule has 3 N–H and O–H groups in total. The quantitative estimate of drug-likeness (QED) is 0.688. The van der Waals surface area contributed by atoms with Crippen LogP contribution in [0.15, 0.2) is 23.9 Å². The number of hydrogen-bond donors (Lipinski definition) is 3. The zero-order valence-electron chi connectivity index (χ0n) is 11.0. The second kappa shape index (κ2) is 4.52. The van der Waals surface area contributed by atoms with Gasteiger partial charge in [0.05, 0.1) is 5.69 Å². The van der Waals surface area contributed by atoms with Gasteiger partial charge in [0.1, 0.15) is 17.7 Å². The van der Waals surface area contributed by atoms with E-state index in [0.717, 1.165) is 0 Å². The lowest BCUT2D eigenvalue weighted by Crippen LogP contribution is -2.45. The van der Waals surface area contributed by atoms with Crippen molar-refractivity contribution in [1.29, 1.82) is 0 Å². The van der Waals surface area contributed by atoms with Crippen molar-refractivity contribution in [2.24, 2.45) is 0 Å². The number of carbonyl (C=O) groups excluding carboxylic acids is 2. The minimum Gasteiger partial charge on any atom is -0.505 e. The second-order valence-corrected chi connectivity index (χ2v) is 4.95.